The summed E-state index contributed by atoms with van der Waals surface area (Å²) < 4.78 is 161. The molecule has 722 valence electrons. The highest BCUT2D eigenvalue weighted by molar-refractivity contribution is 8.15. The maximum Gasteiger partial charge on any atom is 0.328 e. The summed E-state index contributed by atoms with van der Waals surface area (Å²) in [6.07, 6.45) is 0.341. The molecule has 0 radical (unpaired) electrons. The summed E-state index contributed by atoms with van der Waals surface area (Å²) in [5.41, 5.74) is 3.95. The van der Waals surface area contributed by atoms with Gasteiger partial charge in [0, 0.05) is 62.7 Å². The Hall–Kier alpha value is -15.2. The fourth-order valence-electron chi connectivity index (χ4n) is 14.0. The maximum absolute atomic E-state index is 14.3. The first-order chi connectivity index (χ1) is 67.4. The number of hydrazone groups is 4. The molecule has 0 aliphatic carbocycles. The van der Waals surface area contributed by atoms with Crippen LogP contribution in [0.4, 0.5) is 39.5 Å². The van der Waals surface area contributed by atoms with Gasteiger partial charge < -0.3 is 54.0 Å². The second-order valence-electron chi connectivity index (χ2n) is 30.6. The SMILES string of the molecule is CC[C@H](NC(=O)COc1cccc(C2SC(c3ccc(F)cc3)=NN2C(=O)c2ccccc2O)c1OC)C(=O)OC.COc1c(OCC(=O)NCC(C)C)cccc1C1SC(c2ccc(F)cc2)=NN1C(=O)c1ccccc1O.COc1ccccc1C1SC(c2ccc(F)cc2)=NN1C(=O)c1cc(F)cc(F)c1.COc1ccccc1C1SC(c2ccc(F)cc2)=NN1C(=O)c1ccc(F)c(F)c1F. The van der Waals surface area contributed by atoms with Gasteiger partial charge in [-0.15, -0.1) is 0 Å². The van der Waals surface area contributed by atoms with E-state index in [4.69, 9.17) is 33.2 Å². The third-order valence-corrected chi connectivity index (χ3v) is 25.7. The molecule has 0 aromatic heterocycles. The Bertz CT molecular complexity index is 6700. The average Bonchev–Trinajstić information content (AvgIpc) is 1.63. The van der Waals surface area contributed by atoms with Gasteiger partial charge in [-0.3, -0.25) is 28.8 Å². The molecule has 5 atom stereocenters. The zero-order chi connectivity index (χ0) is 100. The van der Waals surface area contributed by atoms with Gasteiger partial charge in [-0.25, -0.2) is 64.3 Å². The predicted molar refractivity (Wildman–Crippen MR) is 512 cm³/mol. The number of hydrogen-bond donors (Lipinski definition) is 4. The average molecular weight is 1990 g/mol. The van der Waals surface area contributed by atoms with Gasteiger partial charge in [0.25, 0.3) is 35.4 Å². The van der Waals surface area contributed by atoms with Crippen LogP contribution < -0.4 is 39.1 Å². The van der Waals surface area contributed by atoms with Crippen LogP contribution in [0.3, 0.4) is 0 Å². The van der Waals surface area contributed by atoms with Gasteiger partial charge in [-0.2, -0.15) is 20.4 Å². The molecule has 16 rings (SSSR count). The van der Waals surface area contributed by atoms with E-state index in [0.29, 0.717) is 119 Å². The van der Waals surface area contributed by atoms with Crippen molar-refractivity contribution in [3.05, 3.63) is 380 Å². The fourth-order valence-corrected chi connectivity index (χ4v) is 18.7. The molecular weight excluding hydrogens is 1910 g/mol. The first-order valence-corrected chi connectivity index (χ1v) is 46.0. The zero-order valence-electron chi connectivity index (χ0n) is 75.3. The minimum absolute atomic E-state index is 0.0429. The van der Waals surface area contributed by atoms with Crippen molar-refractivity contribution in [1.29, 1.82) is 0 Å². The quantitative estimate of drug-likeness (QED) is 0.0211. The second kappa shape index (κ2) is 47.2. The van der Waals surface area contributed by atoms with Gasteiger partial charge in [0.2, 0.25) is 0 Å². The molecule has 0 spiro atoms. The van der Waals surface area contributed by atoms with Crippen LogP contribution in [0.1, 0.15) is 135 Å². The molecule has 12 aromatic carbocycles. The number of phenols is 2. The van der Waals surface area contributed by atoms with Crippen LogP contribution in [0.2, 0.25) is 0 Å². The van der Waals surface area contributed by atoms with Crippen LogP contribution >= 0.6 is 47.0 Å². The van der Waals surface area contributed by atoms with E-state index in [2.05, 4.69) is 31.0 Å². The molecular formula is C101H85F9N10O16S4. The van der Waals surface area contributed by atoms with Gasteiger partial charge >= 0.3 is 5.97 Å². The molecule has 4 unspecified atom stereocenters. The van der Waals surface area contributed by atoms with E-state index < -0.39 is 122 Å². The normalized spacial score (nSPS) is 15.3. The number of nitrogens with one attached hydrogen (secondary N) is 2. The van der Waals surface area contributed by atoms with Crippen molar-refractivity contribution in [2.75, 3.05) is 55.3 Å². The predicted octanol–water partition coefficient (Wildman–Crippen LogP) is 20.0. The summed E-state index contributed by atoms with van der Waals surface area (Å²) in [5, 5.41) is 47.3. The summed E-state index contributed by atoms with van der Waals surface area (Å²) in [7, 11) is 7.10. The number of phenolic OH excluding ortho intramolecular Hbond substituents is 2. The number of carbonyl (C=O) groups is 7. The van der Waals surface area contributed by atoms with Crippen molar-refractivity contribution in [2.24, 2.45) is 26.3 Å². The van der Waals surface area contributed by atoms with Gasteiger partial charge in [0.15, 0.2) is 53.7 Å². The Balaban J connectivity index is 0.000000158. The minimum atomic E-state index is -1.74. The highest BCUT2D eigenvalue weighted by Gasteiger charge is 2.43. The van der Waals surface area contributed by atoms with Crippen LogP contribution in [0.25, 0.3) is 0 Å². The lowest BCUT2D eigenvalue weighted by molar-refractivity contribution is -0.145. The van der Waals surface area contributed by atoms with Gasteiger partial charge in [-0.1, -0.05) is 153 Å². The monoisotopic (exact) mass is 1990 g/mol. The number of benzene rings is 12. The summed E-state index contributed by atoms with van der Waals surface area (Å²) in [6.45, 7) is 5.64. The third kappa shape index (κ3) is 24.5. The largest absolute Gasteiger partial charge is 0.507 e. The van der Waals surface area contributed by atoms with E-state index in [1.807, 2.05) is 13.8 Å². The molecule has 0 fully saturated rings. The lowest BCUT2D eigenvalue weighted by atomic mass is 10.1. The molecule has 140 heavy (non-hydrogen) atoms. The van der Waals surface area contributed by atoms with Crippen molar-refractivity contribution in [1.82, 2.24) is 30.7 Å². The van der Waals surface area contributed by atoms with Crippen molar-refractivity contribution in [2.45, 2.75) is 54.7 Å². The number of hydrogen-bond acceptors (Lipinski definition) is 24. The molecule has 12 aromatic rings. The number of thioether (sulfide) groups is 4. The lowest BCUT2D eigenvalue weighted by Crippen LogP contribution is -2.43. The first-order valence-electron chi connectivity index (χ1n) is 42.5. The Morgan fingerprint density at radius 3 is 1.08 bits per heavy atom. The molecule has 0 saturated heterocycles. The number of amides is 6. The van der Waals surface area contributed by atoms with Crippen molar-refractivity contribution < 1.29 is 116 Å². The van der Waals surface area contributed by atoms with Crippen LogP contribution in [-0.4, -0.2) is 153 Å². The van der Waals surface area contributed by atoms with E-state index >= 15 is 0 Å². The van der Waals surface area contributed by atoms with Crippen molar-refractivity contribution in [3.8, 4) is 46.0 Å². The number of carbonyl (C=O) groups excluding carboxylic acids is 7. The van der Waals surface area contributed by atoms with Crippen LogP contribution in [0.15, 0.2) is 281 Å². The van der Waals surface area contributed by atoms with Crippen LogP contribution in [0, 0.1) is 58.3 Å². The number of esters is 1. The molecule has 0 bridgehead atoms. The fraction of sp³-hybridized carbons (Fsp3) is 0.178. The number of aromatic hydroxyl groups is 2. The van der Waals surface area contributed by atoms with Gasteiger partial charge in [0.05, 0.1) is 52.2 Å². The van der Waals surface area contributed by atoms with E-state index in [0.717, 1.165) is 40.0 Å². The highest BCUT2D eigenvalue weighted by atomic mass is 32.2. The number of nitrogens with zero attached hydrogens (tertiary/aromatic N) is 8. The van der Waals surface area contributed by atoms with Crippen molar-refractivity contribution >= 4 is 109 Å². The topological polar surface area (TPSA) is 311 Å². The van der Waals surface area contributed by atoms with E-state index in [1.54, 1.807) is 153 Å². The highest BCUT2D eigenvalue weighted by Crippen LogP contribution is 2.52. The maximum atomic E-state index is 14.3. The molecule has 4 aliphatic rings. The number of para-hydroxylation sites is 6. The minimum Gasteiger partial charge on any atom is -0.507 e. The molecule has 26 nitrogen and oxygen atoms in total. The third-order valence-electron chi connectivity index (χ3n) is 20.8. The van der Waals surface area contributed by atoms with Crippen LogP contribution in [0.5, 0.6) is 46.0 Å². The Labute approximate surface area is 813 Å². The Kier molecular flexibility index (Phi) is 34.5. The number of ether oxygens (including phenoxy) is 7. The molecule has 39 heteroatoms. The summed E-state index contributed by atoms with van der Waals surface area (Å²) in [6, 6.07) is 62.5. The summed E-state index contributed by atoms with van der Waals surface area (Å²) in [4.78, 5) is 90.0. The van der Waals surface area contributed by atoms with E-state index in [9.17, 15) is 83.3 Å². The van der Waals surface area contributed by atoms with Crippen LogP contribution in [-0.2, 0) is 19.1 Å². The first kappa shape index (κ1) is 102. The molecule has 4 aliphatic heterocycles. The Morgan fingerprint density at radius 2 is 0.714 bits per heavy atom. The summed E-state index contributed by atoms with van der Waals surface area (Å²) in [5.74, 6) is -10.1. The molecule has 4 N–H and O–H groups in total. The lowest BCUT2D eigenvalue weighted by Gasteiger charge is -2.24. The molecule has 0 saturated carbocycles. The molecule has 4 heterocycles. The number of halogens is 9. The van der Waals surface area contributed by atoms with E-state index in [-0.39, 0.29) is 58.0 Å². The second-order valence-corrected chi connectivity index (χ2v) is 34.9. The van der Waals surface area contributed by atoms with Gasteiger partial charge in [-0.05, 0) is 182 Å². The summed E-state index contributed by atoms with van der Waals surface area (Å²) >= 11 is 4.91. The zero-order valence-corrected chi connectivity index (χ0v) is 78.6. The van der Waals surface area contributed by atoms with Crippen molar-refractivity contribution in [3.63, 3.8) is 0 Å². The number of methoxy groups -OCH3 is 5. The van der Waals surface area contributed by atoms with E-state index in [1.165, 1.54) is 166 Å². The smallest absolute Gasteiger partial charge is 0.328 e. The van der Waals surface area contributed by atoms with Gasteiger partial charge in [0.1, 0.15) is 106 Å². The molecule has 6 amide bonds. The Morgan fingerprint density at radius 1 is 0.371 bits per heavy atom. The standard InChI is InChI=1S/C29H28FN3O7S.C28H28FN3O5S.C22H14F4N2O2S.C22H15F3N2O2S/c1-4-21(29(37)39-3)31-24(35)16-40-23-11-7-9-20(25(23)38-2)28-33(27(36)19-8-5-6-10-22(19)34)32-26(41-28)17-12-14-18(30)15-13-17;1-17(2)15-30-24(34)16-37-23-10-6-8-21(25(23)36-3)28-32(27(35)20-7-4-5-9-22(20)33)31-26(38-28)18-11-13-19(29)14-12-18;1-30-17-5-3-2-4-14(17)22-28(21(29)15-10-11-16(24)19(26)18(15)25)27-20(31-22)12-6-8-13(23)9-7-12;1-29-19-5-3-2-4-18(19)22-27(21(28)14-10-16(24)12-17(25)11-14)26-20(30-22)13-6-8-15(23)9-7-13/h5-15,21,28,34H,4,16H2,1-3H3,(H,31,35);4-14,17,28,33H,15-16H2,1-3H3,(H,30,34);2-11,22H,1H3;2-12,22H,1H3/t21-,28?;;;/m0.../s1. The number of rotatable bonds is 27.